The molecule has 0 saturated heterocycles. The highest BCUT2D eigenvalue weighted by molar-refractivity contribution is 9.08. The van der Waals surface area contributed by atoms with Crippen molar-refractivity contribution in [1.82, 2.24) is 8.81 Å². The maximum Gasteiger partial charge on any atom is 0.0816 e. The molecule has 0 spiro atoms. The molecule has 0 unspecified atom stereocenters. The molecule has 13 heavy (non-hydrogen) atoms. The Labute approximate surface area is 84.9 Å². The van der Waals surface area contributed by atoms with E-state index in [1.807, 2.05) is 6.07 Å². The van der Waals surface area contributed by atoms with Crippen molar-refractivity contribution in [2.24, 2.45) is 0 Å². The minimum Gasteiger partial charge on any atom is -0.197 e. The minimum absolute atomic E-state index is 0.712. The summed E-state index contributed by atoms with van der Waals surface area (Å²) in [6.07, 6.45) is 2.60. The van der Waals surface area contributed by atoms with Gasteiger partial charge in [-0.3, -0.25) is 0 Å². The molecule has 1 aromatic heterocycles. The molecule has 0 radical (unpaired) electrons. The van der Waals surface area contributed by atoms with Crippen molar-refractivity contribution >= 4 is 27.1 Å². The van der Waals surface area contributed by atoms with Crippen LogP contribution in [0.1, 0.15) is 24.5 Å². The lowest BCUT2D eigenvalue weighted by atomic mass is 10.1. The highest BCUT2D eigenvalue weighted by Crippen LogP contribution is 2.42. The maximum atomic E-state index is 4.49. The first-order valence-corrected chi connectivity index (χ1v) is 5.21. The summed E-state index contributed by atoms with van der Waals surface area (Å²) in [6, 6.07) is 8.35. The normalized spacial score (nSPS) is 16.7. The van der Waals surface area contributed by atoms with E-state index in [0.29, 0.717) is 5.92 Å². The van der Waals surface area contributed by atoms with Crippen LogP contribution in [0.3, 0.4) is 0 Å². The number of halogens is 1. The van der Waals surface area contributed by atoms with Gasteiger partial charge >= 0.3 is 0 Å². The summed E-state index contributed by atoms with van der Waals surface area (Å²) in [5.41, 5.74) is 2.43. The van der Waals surface area contributed by atoms with Crippen LogP contribution >= 0.6 is 16.1 Å². The van der Waals surface area contributed by atoms with Crippen molar-refractivity contribution < 1.29 is 0 Å². The van der Waals surface area contributed by atoms with Gasteiger partial charge < -0.3 is 0 Å². The van der Waals surface area contributed by atoms with E-state index in [1.165, 1.54) is 29.4 Å². The summed E-state index contributed by atoms with van der Waals surface area (Å²) in [5.74, 6) is 0.712. The zero-order chi connectivity index (χ0) is 8.84. The molecule has 1 aliphatic rings. The molecule has 2 nitrogen and oxygen atoms in total. The number of fused-ring (bicyclic) bond motifs is 1. The van der Waals surface area contributed by atoms with Gasteiger partial charge in [0.25, 0.3) is 0 Å². The van der Waals surface area contributed by atoms with Gasteiger partial charge in [-0.1, -0.05) is 18.2 Å². The number of aromatic nitrogens is 2. The summed E-state index contributed by atoms with van der Waals surface area (Å²) < 4.78 is 1.80. The van der Waals surface area contributed by atoms with Crippen LogP contribution < -0.4 is 0 Å². The summed E-state index contributed by atoms with van der Waals surface area (Å²) >= 11 is 3.42. The lowest BCUT2D eigenvalue weighted by Gasteiger charge is -1.90. The number of para-hydroxylation sites is 1. The van der Waals surface area contributed by atoms with Crippen molar-refractivity contribution in [1.29, 1.82) is 0 Å². The Kier molecular flexibility index (Phi) is 1.50. The van der Waals surface area contributed by atoms with Gasteiger partial charge in [0.15, 0.2) is 0 Å². The molecule has 0 bridgehead atoms. The Morgan fingerprint density at radius 1 is 1.31 bits per heavy atom. The van der Waals surface area contributed by atoms with E-state index >= 15 is 0 Å². The Hall–Kier alpha value is -0.830. The quantitative estimate of drug-likeness (QED) is 0.745. The van der Waals surface area contributed by atoms with Gasteiger partial charge in [-0.15, -0.1) is 0 Å². The molecule has 0 N–H and O–H groups in total. The average Bonchev–Trinajstić information content (AvgIpc) is 2.94. The number of rotatable bonds is 1. The van der Waals surface area contributed by atoms with E-state index < -0.39 is 0 Å². The Balaban J connectivity index is 2.34. The van der Waals surface area contributed by atoms with E-state index in [0.717, 1.165) is 0 Å². The average molecular weight is 237 g/mol. The molecular weight excluding hydrogens is 228 g/mol. The first-order valence-electron chi connectivity index (χ1n) is 4.50. The molecule has 0 atom stereocenters. The molecule has 0 aliphatic heterocycles. The van der Waals surface area contributed by atoms with Crippen LogP contribution in [-0.4, -0.2) is 8.81 Å². The minimum atomic E-state index is 0.712. The summed E-state index contributed by atoms with van der Waals surface area (Å²) in [7, 11) is 0. The predicted octanol–water partition coefficient (Wildman–Crippen LogP) is 3.07. The van der Waals surface area contributed by atoms with Crippen LogP contribution in [-0.2, 0) is 0 Å². The van der Waals surface area contributed by atoms with Crippen LogP contribution in [0.25, 0.3) is 10.9 Å². The molecule has 1 saturated carbocycles. The van der Waals surface area contributed by atoms with Crippen molar-refractivity contribution in [3.05, 3.63) is 30.0 Å². The number of nitrogens with zero attached hydrogens (tertiary/aromatic N) is 2. The third-order valence-electron chi connectivity index (χ3n) is 2.54. The van der Waals surface area contributed by atoms with Gasteiger partial charge in [0.1, 0.15) is 0 Å². The Bertz CT molecular complexity index is 457. The molecule has 0 amide bonds. The fourth-order valence-corrected chi connectivity index (χ4v) is 2.19. The fourth-order valence-electron chi connectivity index (χ4n) is 1.71. The fraction of sp³-hybridized carbons (Fsp3) is 0.300. The second-order valence-corrected chi connectivity index (χ2v) is 4.21. The predicted molar refractivity (Wildman–Crippen MR) is 56.0 cm³/mol. The topological polar surface area (TPSA) is 17.8 Å². The van der Waals surface area contributed by atoms with E-state index in [1.54, 1.807) is 3.71 Å². The van der Waals surface area contributed by atoms with Gasteiger partial charge in [-0.05, 0) is 18.9 Å². The van der Waals surface area contributed by atoms with Crippen LogP contribution in [0.5, 0.6) is 0 Å². The monoisotopic (exact) mass is 236 g/mol. The molecule has 1 aliphatic carbocycles. The van der Waals surface area contributed by atoms with Crippen molar-refractivity contribution in [2.45, 2.75) is 18.8 Å². The SMILES string of the molecule is Brn1nc(C2CC2)c2ccccc21. The highest BCUT2D eigenvalue weighted by atomic mass is 79.9. The van der Waals surface area contributed by atoms with E-state index in [2.05, 4.69) is 39.4 Å². The largest absolute Gasteiger partial charge is 0.197 e. The van der Waals surface area contributed by atoms with Crippen molar-refractivity contribution in [3.8, 4) is 0 Å². The molecule has 3 rings (SSSR count). The Morgan fingerprint density at radius 2 is 2.08 bits per heavy atom. The van der Waals surface area contributed by atoms with E-state index in [4.69, 9.17) is 0 Å². The standard InChI is InChI=1S/C10H9BrN2/c11-13-9-4-2-1-3-8(9)10(12-13)7-5-6-7/h1-4,7H,5-6H2. The summed E-state index contributed by atoms with van der Waals surface area (Å²) in [6.45, 7) is 0. The third kappa shape index (κ3) is 1.10. The first kappa shape index (κ1) is 7.56. The second-order valence-electron chi connectivity index (χ2n) is 3.54. The third-order valence-corrected chi connectivity index (χ3v) is 3.08. The van der Waals surface area contributed by atoms with Crippen LogP contribution in [0.2, 0.25) is 0 Å². The summed E-state index contributed by atoms with van der Waals surface area (Å²) in [4.78, 5) is 0. The molecule has 1 fully saturated rings. The zero-order valence-electron chi connectivity index (χ0n) is 7.07. The van der Waals surface area contributed by atoms with Crippen molar-refractivity contribution in [2.75, 3.05) is 0 Å². The number of benzene rings is 1. The maximum absolute atomic E-state index is 4.49. The van der Waals surface area contributed by atoms with Crippen LogP contribution in [0, 0.1) is 0 Å². The molecule has 2 aromatic rings. The molecule has 1 heterocycles. The number of hydrogen-bond donors (Lipinski definition) is 0. The highest BCUT2D eigenvalue weighted by Gasteiger charge is 2.28. The van der Waals surface area contributed by atoms with E-state index in [9.17, 15) is 0 Å². The van der Waals surface area contributed by atoms with Crippen LogP contribution in [0.15, 0.2) is 24.3 Å². The molecule has 3 heteroatoms. The molecule has 1 aromatic carbocycles. The first-order chi connectivity index (χ1) is 6.36. The van der Waals surface area contributed by atoms with Gasteiger partial charge in [-0.25, -0.2) is 0 Å². The van der Waals surface area contributed by atoms with Crippen molar-refractivity contribution in [3.63, 3.8) is 0 Å². The second kappa shape index (κ2) is 2.58. The zero-order valence-corrected chi connectivity index (χ0v) is 8.66. The smallest absolute Gasteiger partial charge is 0.0816 e. The van der Waals surface area contributed by atoms with Gasteiger partial charge in [0.2, 0.25) is 0 Å². The van der Waals surface area contributed by atoms with Gasteiger partial charge in [-0.2, -0.15) is 8.81 Å². The van der Waals surface area contributed by atoms with Crippen LogP contribution in [0.4, 0.5) is 0 Å². The molecular formula is C10H9BrN2. The number of hydrogen-bond acceptors (Lipinski definition) is 1. The Morgan fingerprint density at radius 3 is 2.85 bits per heavy atom. The van der Waals surface area contributed by atoms with E-state index in [-0.39, 0.29) is 0 Å². The van der Waals surface area contributed by atoms with Gasteiger partial charge in [0, 0.05) is 11.3 Å². The lowest BCUT2D eigenvalue weighted by molar-refractivity contribution is 0.951. The molecule has 66 valence electrons. The van der Waals surface area contributed by atoms with Gasteiger partial charge in [0.05, 0.1) is 27.4 Å². The summed E-state index contributed by atoms with van der Waals surface area (Å²) in [5, 5.41) is 5.78. The lowest BCUT2D eigenvalue weighted by Crippen LogP contribution is -1.82.